The van der Waals surface area contributed by atoms with Crippen molar-refractivity contribution in [2.24, 2.45) is 5.92 Å². The summed E-state index contributed by atoms with van der Waals surface area (Å²) in [4.78, 5) is 23.3. The number of thiophene rings is 1. The van der Waals surface area contributed by atoms with Crippen molar-refractivity contribution in [3.8, 4) is 0 Å². The number of carboxylic acid groups (broad SMARTS) is 1. The Labute approximate surface area is 109 Å². The fourth-order valence-electron chi connectivity index (χ4n) is 1.92. The summed E-state index contributed by atoms with van der Waals surface area (Å²) < 4.78 is 5.27. The lowest BCUT2D eigenvalue weighted by Gasteiger charge is -2.18. The zero-order valence-electron chi connectivity index (χ0n) is 10.0. The van der Waals surface area contributed by atoms with Crippen LogP contribution in [0.5, 0.6) is 0 Å². The van der Waals surface area contributed by atoms with Gasteiger partial charge in [0.05, 0.1) is 11.5 Å². The first kappa shape index (κ1) is 13.0. The van der Waals surface area contributed by atoms with Crippen molar-refractivity contribution in [1.29, 1.82) is 0 Å². The first-order chi connectivity index (χ1) is 8.58. The summed E-state index contributed by atoms with van der Waals surface area (Å²) in [7, 11) is 0. The molecule has 2 heterocycles. The molecule has 2 N–H and O–H groups in total. The number of hydrogen-bond donors (Lipinski definition) is 2. The number of amides is 1. The summed E-state index contributed by atoms with van der Waals surface area (Å²) >= 11 is 0.991. The Morgan fingerprint density at radius 3 is 2.78 bits per heavy atom. The topological polar surface area (TPSA) is 75.6 Å². The van der Waals surface area contributed by atoms with Gasteiger partial charge in [-0.2, -0.15) is 0 Å². The second-order valence-corrected chi connectivity index (χ2v) is 5.44. The molecular weight excluding hydrogens is 254 g/mol. The standard InChI is InChI=1S/C12H15NO4S/c1-7(8-4-5-17-6-8)13-11(14)9-2-3-10(18-9)12(15)16/h2-3,7-8H,4-6H2,1H3,(H,13,14)(H,15,16). The van der Waals surface area contributed by atoms with Crippen molar-refractivity contribution in [3.63, 3.8) is 0 Å². The van der Waals surface area contributed by atoms with E-state index in [0.29, 0.717) is 17.4 Å². The third-order valence-corrected chi connectivity index (χ3v) is 4.14. The number of carbonyl (C=O) groups is 2. The fourth-order valence-corrected chi connectivity index (χ4v) is 2.67. The summed E-state index contributed by atoms with van der Waals surface area (Å²) in [5.74, 6) is -0.879. The van der Waals surface area contributed by atoms with Gasteiger partial charge in [-0.15, -0.1) is 11.3 Å². The quantitative estimate of drug-likeness (QED) is 0.870. The van der Waals surface area contributed by atoms with Crippen LogP contribution in [-0.4, -0.2) is 36.2 Å². The molecule has 2 unspecified atom stereocenters. The summed E-state index contributed by atoms with van der Waals surface area (Å²) in [5, 5.41) is 11.7. The number of nitrogens with one attached hydrogen (secondary N) is 1. The van der Waals surface area contributed by atoms with Crippen LogP contribution in [0, 0.1) is 5.92 Å². The Morgan fingerprint density at radius 2 is 2.22 bits per heavy atom. The molecule has 0 radical (unpaired) electrons. The van der Waals surface area contributed by atoms with Crippen LogP contribution in [0.4, 0.5) is 0 Å². The van der Waals surface area contributed by atoms with Gasteiger partial charge in [0.15, 0.2) is 0 Å². The molecule has 1 aromatic rings. The maximum Gasteiger partial charge on any atom is 0.345 e. The average Bonchev–Trinajstić information content (AvgIpc) is 3.00. The predicted octanol–water partition coefficient (Wildman–Crippen LogP) is 1.60. The van der Waals surface area contributed by atoms with Gasteiger partial charge in [0.25, 0.3) is 5.91 Å². The van der Waals surface area contributed by atoms with E-state index in [1.165, 1.54) is 6.07 Å². The van der Waals surface area contributed by atoms with E-state index >= 15 is 0 Å². The van der Waals surface area contributed by atoms with Crippen LogP contribution in [0.25, 0.3) is 0 Å². The second-order valence-electron chi connectivity index (χ2n) is 4.35. The van der Waals surface area contributed by atoms with E-state index in [2.05, 4.69) is 5.32 Å². The molecule has 1 aliphatic heterocycles. The van der Waals surface area contributed by atoms with E-state index in [4.69, 9.17) is 9.84 Å². The van der Waals surface area contributed by atoms with Gasteiger partial charge in [0, 0.05) is 18.6 Å². The van der Waals surface area contributed by atoms with Gasteiger partial charge >= 0.3 is 5.97 Å². The smallest absolute Gasteiger partial charge is 0.345 e. The van der Waals surface area contributed by atoms with Crippen molar-refractivity contribution >= 4 is 23.2 Å². The maximum absolute atomic E-state index is 11.9. The Hall–Kier alpha value is -1.40. The lowest BCUT2D eigenvalue weighted by atomic mass is 10.0. The summed E-state index contributed by atoms with van der Waals surface area (Å²) in [5.41, 5.74) is 0. The summed E-state index contributed by atoms with van der Waals surface area (Å²) in [6.45, 7) is 3.36. The number of ether oxygens (including phenoxy) is 1. The number of rotatable bonds is 4. The molecule has 0 aromatic carbocycles. The minimum absolute atomic E-state index is 0.0374. The van der Waals surface area contributed by atoms with E-state index in [1.807, 2.05) is 6.92 Å². The molecule has 0 aliphatic carbocycles. The fraction of sp³-hybridized carbons (Fsp3) is 0.500. The maximum atomic E-state index is 11.9. The molecule has 5 nitrogen and oxygen atoms in total. The highest BCUT2D eigenvalue weighted by Crippen LogP contribution is 2.19. The molecule has 6 heteroatoms. The molecule has 0 bridgehead atoms. The molecule has 1 fully saturated rings. The SMILES string of the molecule is CC(NC(=O)c1ccc(C(=O)O)s1)C1CCOC1. The van der Waals surface area contributed by atoms with Gasteiger partial charge < -0.3 is 15.2 Å². The normalized spacial score (nSPS) is 20.6. The monoisotopic (exact) mass is 269 g/mol. The van der Waals surface area contributed by atoms with Crippen molar-refractivity contribution in [2.75, 3.05) is 13.2 Å². The first-order valence-electron chi connectivity index (χ1n) is 5.79. The number of hydrogen-bond acceptors (Lipinski definition) is 4. The number of carboxylic acids is 1. The van der Waals surface area contributed by atoms with Gasteiger partial charge in [-0.3, -0.25) is 4.79 Å². The predicted molar refractivity (Wildman–Crippen MR) is 67.1 cm³/mol. The van der Waals surface area contributed by atoms with Crippen LogP contribution >= 0.6 is 11.3 Å². The van der Waals surface area contributed by atoms with Crippen molar-refractivity contribution in [1.82, 2.24) is 5.32 Å². The van der Waals surface area contributed by atoms with Crippen LogP contribution in [0.15, 0.2) is 12.1 Å². The van der Waals surface area contributed by atoms with E-state index in [9.17, 15) is 9.59 Å². The molecule has 1 amide bonds. The number of carbonyl (C=O) groups excluding carboxylic acids is 1. The molecule has 98 valence electrons. The van der Waals surface area contributed by atoms with Crippen LogP contribution in [0.1, 0.15) is 32.7 Å². The molecule has 2 rings (SSSR count). The highest BCUT2D eigenvalue weighted by atomic mass is 32.1. The lowest BCUT2D eigenvalue weighted by molar-refractivity contribution is 0.0702. The Bertz CT molecular complexity index is 451. The number of aromatic carboxylic acids is 1. The van der Waals surface area contributed by atoms with Gasteiger partial charge in [-0.1, -0.05) is 0 Å². The minimum atomic E-state index is -1.00. The molecule has 18 heavy (non-hydrogen) atoms. The van der Waals surface area contributed by atoms with Gasteiger partial charge in [0.1, 0.15) is 4.88 Å². The highest BCUT2D eigenvalue weighted by Gasteiger charge is 2.24. The van der Waals surface area contributed by atoms with Crippen LogP contribution in [0.2, 0.25) is 0 Å². The molecule has 1 saturated heterocycles. The third kappa shape index (κ3) is 2.88. The Morgan fingerprint density at radius 1 is 1.50 bits per heavy atom. The van der Waals surface area contributed by atoms with Crippen LogP contribution in [0.3, 0.4) is 0 Å². The largest absolute Gasteiger partial charge is 0.477 e. The van der Waals surface area contributed by atoms with Gasteiger partial charge in [0.2, 0.25) is 0 Å². The zero-order chi connectivity index (χ0) is 13.1. The van der Waals surface area contributed by atoms with Gasteiger partial charge in [-0.05, 0) is 25.5 Å². The van der Waals surface area contributed by atoms with E-state index in [0.717, 1.165) is 24.4 Å². The van der Waals surface area contributed by atoms with Crippen LogP contribution < -0.4 is 5.32 Å². The first-order valence-corrected chi connectivity index (χ1v) is 6.61. The molecular formula is C12H15NO4S. The average molecular weight is 269 g/mol. The van der Waals surface area contributed by atoms with E-state index in [-0.39, 0.29) is 16.8 Å². The summed E-state index contributed by atoms with van der Waals surface area (Å²) in [6.07, 6.45) is 0.951. The molecule has 1 aromatic heterocycles. The third-order valence-electron chi connectivity index (χ3n) is 3.07. The molecule has 0 spiro atoms. The molecule has 2 atom stereocenters. The van der Waals surface area contributed by atoms with E-state index in [1.54, 1.807) is 6.07 Å². The Kier molecular flexibility index (Phi) is 3.98. The zero-order valence-corrected chi connectivity index (χ0v) is 10.8. The molecule has 1 aliphatic rings. The second kappa shape index (κ2) is 5.49. The summed E-state index contributed by atoms with van der Waals surface area (Å²) in [6, 6.07) is 3.03. The van der Waals surface area contributed by atoms with Crippen molar-refractivity contribution < 1.29 is 19.4 Å². The molecule has 0 saturated carbocycles. The van der Waals surface area contributed by atoms with Crippen molar-refractivity contribution in [2.45, 2.75) is 19.4 Å². The highest BCUT2D eigenvalue weighted by molar-refractivity contribution is 7.15. The Balaban J connectivity index is 1.95. The van der Waals surface area contributed by atoms with Crippen LogP contribution in [-0.2, 0) is 4.74 Å². The minimum Gasteiger partial charge on any atom is -0.477 e. The van der Waals surface area contributed by atoms with Crippen molar-refractivity contribution in [3.05, 3.63) is 21.9 Å². The lowest BCUT2D eigenvalue weighted by Crippen LogP contribution is -2.38. The van der Waals surface area contributed by atoms with E-state index < -0.39 is 5.97 Å². The van der Waals surface area contributed by atoms with Gasteiger partial charge in [-0.25, -0.2) is 4.79 Å².